The Kier molecular flexibility index (Phi) is 5.45. The predicted molar refractivity (Wildman–Crippen MR) is 115 cm³/mol. The van der Waals surface area contributed by atoms with Crippen LogP contribution >= 0.6 is 0 Å². The molecule has 2 aromatic carbocycles. The molecule has 0 saturated carbocycles. The van der Waals surface area contributed by atoms with Crippen LogP contribution < -0.4 is 5.69 Å². The molecular formula is C22H23AsN4O. The number of rotatable bonds is 6. The van der Waals surface area contributed by atoms with Crippen molar-refractivity contribution >= 4 is 25.7 Å². The van der Waals surface area contributed by atoms with Crippen LogP contribution in [0, 0.1) is 0 Å². The van der Waals surface area contributed by atoms with Crippen molar-refractivity contribution in [3.05, 3.63) is 77.7 Å². The van der Waals surface area contributed by atoms with E-state index in [4.69, 9.17) is 0 Å². The van der Waals surface area contributed by atoms with Crippen molar-refractivity contribution in [1.29, 1.82) is 0 Å². The molecule has 142 valence electrons. The van der Waals surface area contributed by atoms with Crippen LogP contribution in [0.4, 0.5) is 0 Å². The molecular weight excluding hydrogens is 411 g/mol. The van der Waals surface area contributed by atoms with Gasteiger partial charge in [0.1, 0.15) is 0 Å². The van der Waals surface area contributed by atoms with Gasteiger partial charge in [-0.2, -0.15) is 0 Å². The zero-order valence-electron chi connectivity index (χ0n) is 16.1. The minimum atomic E-state index is -0.659. The van der Waals surface area contributed by atoms with Gasteiger partial charge in [0, 0.05) is 0 Å². The van der Waals surface area contributed by atoms with E-state index in [-0.39, 0.29) is 5.69 Å². The molecule has 0 amide bonds. The van der Waals surface area contributed by atoms with Gasteiger partial charge >= 0.3 is 139 Å². The Morgan fingerprint density at radius 1 is 1.00 bits per heavy atom. The fraction of sp³-hybridized carbons (Fsp3) is 0.227. The summed E-state index contributed by atoms with van der Waals surface area (Å²) < 4.78 is 3.81. The fourth-order valence-electron chi connectivity index (χ4n) is 3.31. The average molecular weight is 434 g/mol. The Bertz CT molecular complexity index is 1150. The maximum absolute atomic E-state index is 12.1. The molecule has 6 heteroatoms. The molecule has 2 aromatic heterocycles. The van der Waals surface area contributed by atoms with Gasteiger partial charge in [-0.3, -0.25) is 0 Å². The summed E-state index contributed by atoms with van der Waals surface area (Å²) in [7, 11) is 0. The zero-order chi connectivity index (χ0) is 19.5. The molecule has 0 saturated heterocycles. The second-order valence-electron chi connectivity index (χ2n) is 7.13. The molecule has 0 fully saturated rings. The molecule has 5 nitrogen and oxygen atoms in total. The molecule has 0 aliphatic heterocycles. The normalized spacial score (nSPS) is 11.4. The molecule has 4 rings (SSSR count). The van der Waals surface area contributed by atoms with E-state index in [1.807, 2.05) is 30.7 Å². The van der Waals surface area contributed by atoms with Crippen molar-refractivity contribution in [2.45, 2.75) is 29.6 Å². The number of para-hydroxylation sites is 1. The summed E-state index contributed by atoms with van der Waals surface area (Å²) in [4.78, 5) is 20.7. The molecule has 0 spiro atoms. The molecule has 0 atom stereocenters. The maximum atomic E-state index is 12.1. The number of imidazole rings is 1. The number of aryl methyl sites for hydroxylation is 1. The van der Waals surface area contributed by atoms with Crippen molar-refractivity contribution in [3.8, 4) is 16.8 Å². The Hall–Kier alpha value is -2.65. The van der Waals surface area contributed by atoms with Crippen molar-refractivity contribution in [1.82, 2.24) is 19.1 Å². The van der Waals surface area contributed by atoms with E-state index in [1.165, 1.54) is 5.21 Å². The van der Waals surface area contributed by atoms with Crippen molar-refractivity contribution < 1.29 is 0 Å². The molecule has 0 aliphatic carbocycles. The molecule has 0 radical (unpaired) electrons. The molecule has 4 aromatic rings. The van der Waals surface area contributed by atoms with Gasteiger partial charge < -0.3 is 0 Å². The van der Waals surface area contributed by atoms with Gasteiger partial charge in [0.2, 0.25) is 0 Å². The summed E-state index contributed by atoms with van der Waals surface area (Å²) in [6, 6.07) is 16.4. The quantitative estimate of drug-likeness (QED) is 0.423. The van der Waals surface area contributed by atoms with Crippen LogP contribution in [0.2, 0.25) is 16.6 Å². The average Bonchev–Trinajstić information content (AvgIpc) is 3.13. The second kappa shape index (κ2) is 8.15. The van der Waals surface area contributed by atoms with Crippen molar-refractivity contribution in [2.24, 2.45) is 0 Å². The van der Waals surface area contributed by atoms with E-state index >= 15 is 0 Å². The number of benzene rings is 2. The van der Waals surface area contributed by atoms with Gasteiger partial charge in [-0.1, -0.05) is 18.2 Å². The second-order valence-corrected chi connectivity index (χ2v) is 12.6. The summed E-state index contributed by atoms with van der Waals surface area (Å²) >= 11 is -0.659. The first kappa shape index (κ1) is 18.7. The van der Waals surface area contributed by atoms with Crippen LogP contribution in [0.3, 0.4) is 0 Å². The van der Waals surface area contributed by atoms with E-state index in [1.54, 1.807) is 10.8 Å². The molecule has 0 bridgehead atoms. The minimum absolute atomic E-state index is 0.176. The van der Waals surface area contributed by atoms with E-state index in [2.05, 4.69) is 56.3 Å². The zero-order valence-corrected chi connectivity index (χ0v) is 18.0. The fourth-order valence-corrected chi connectivity index (χ4v) is 4.93. The van der Waals surface area contributed by atoms with E-state index < -0.39 is 14.7 Å². The third-order valence-corrected chi connectivity index (χ3v) is 7.31. The van der Waals surface area contributed by atoms with Crippen LogP contribution in [0.1, 0.15) is 6.42 Å². The third-order valence-electron chi connectivity index (χ3n) is 4.77. The molecule has 2 heterocycles. The summed E-state index contributed by atoms with van der Waals surface area (Å²) in [6.07, 6.45) is 6.47. The topological polar surface area (TPSA) is 52.7 Å². The van der Waals surface area contributed by atoms with Gasteiger partial charge in [-0.05, 0) is 12.1 Å². The standard InChI is InChI=1S/C22H23AsN4O/c1-23(2)11-6-12-26-15-18(14-24-22(26)28)17-9-10-21-20(13-17)25-16-27(21)19-7-4-3-5-8-19/h3-5,7-10,13-16H,6,11-12H2,1-2H3. The number of hydrogen-bond donors (Lipinski definition) is 0. The Morgan fingerprint density at radius 2 is 1.82 bits per heavy atom. The molecule has 28 heavy (non-hydrogen) atoms. The molecule has 0 aliphatic rings. The van der Waals surface area contributed by atoms with Gasteiger partial charge in [0.25, 0.3) is 0 Å². The van der Waals surface area contributed by atoms with Gasteiger partial charge in [-0.25, -0.2) is 0 Å². The Morgan fingerprint density at radius 3 is 2.61 bits per heavy atom. The monoisotopic (exact) mass is 434 g/mol. The van der Waals surface area contributed by atoms with E-state index in [9.17, 15) is 4.79 Å². The summed E-state index contributed by atoms with van der Waals surface area (Å²) in [5.74, 6) is 0. The summed E-state index contributed by atoms with van der Waals surface area (Å²) in [5, 5.41) is 1.24. The van der Waals surface area contributed by atoms with Gasteiger partial charge in [0.15, 0.2) is 0 Å². The van der Waals surface area contributed by atoms with Crippen molar-refractivity contribution in [3.63, 3.8) is 0 Å². The van der Waals surface area contributed by atoms with Crippen molar-refractivity contribution in [2.75, 3.05) is 0 Å². The SMILES string of the molecule is C[As](C)CCCn1cc(-c2ccc3c(c2)ncn3-c2ccccc2)cnc1=O. The van der Waals surface area contributed by atoms with Gasteiger partial charge in [0.05, 0.1) is 0 Å². The van der Waals surface area contributed by atoms with Crippen LogP contribution in [-0.2, 0) is 6.54 Å². The molecule has 0 unspecified atom stereocenters. The van der Waals surface area contributed by atoms with Crippen LogP contribution in [0.15, 0.2) is 72.0 Å². The number of hydrogen-bond acceptors (Lipinski definition) is 3. The predicted octanol–water partition coefficient (Wildman–Crippen LogP) is 4.39. The number of aromatic nitrogens is 4. The van der Waals surface area contributed by atoms with E-state index in [0.29, 0.717) is 0 Å². The van der Waals surface area contributed by atoms with Crippen LogP contribution in [0.5, 0.6) is 0 Å². The number of nitrogens with zero attached hydrogens (tertiary/aromatic N) is 4. The summed E-state index contributed by atoms with van der Waals surface area (Å²) in [5.41, 5.74) is 9.53. The Labute approximate surface area is 169 Å². The Balaban J connectivity index is 1.65. The molecule has 0 N–H and O–H groups in total. The third kappa shape index (κ3) is 3.95. The van der Waals surface area contributed by atoms with E-state index in [0.717, 1.165) is 40.8 Å². The first-order chi connectivity index (χ1) is 13.6. The van der Waals surface area contributed by atoms with Gasteiger partial charge in [-0.15, -0.1) is 0 Å². The number of fused-ring (bicyclic) bond motifs is 1. The van der Waals surface area contributed by atoms with Crippen LogP contribution in [-0.4, -0.2) is 33.8 Å². The van der Waals surface area contributed by atoms with Crippen LogP contribution in [0.25, 0.3) is 27.8 Å². The summed E-state index contributed by atoms with van der Waals surface area (Å²) in [6.45, 7) is 0.734. The first-order valence-electron chi connectivity index (χ1n) is 9.36. The first-order valence-corrected chi connectivity index (χ1v) is 14.4.